The molecule has 0 saturated carbocycles. The van der Waals surface area contributed by atoms with Gasteiger partial charge in [-0.15, -0.1) is 0 Å². The maximum Gasteiger partial charge on any atom is 0.260 e. The molecule has 144 valence electrons. The van der Waals surface area contributed by atoms with Gasteiger partial charge in [0.25, 0.3) is 5.91 Å². The number of nitrogens with zero attached hydrogens (tertiary/aromatic N) is 3. The molecule has 2 aromatic rings. The van der Waals surface area contributed by atoms with Gasteiger partial charge in [0.15, 0.2) is 0 Å². The minimum absolute atomic E-state index is 0.188. The lowest BCUT2D eigenvalue weighted by Crippen LogP contribution is -2.39. The third kappa shape index (κ3) is 5.68. The Morgan fingerprint density at radius 2 is 1.93 bits per heavy atom. The zero-order valence-electron chi connectivity index (χ0n) is 15.1. The molecule has 0 aliphatic heterocycles. The number of benzene rings is 1. The molecule has 0 aliphatic carbocycles. The highest BCUT2D eigenvalue weighted by atomic mass is 32.2. The van der Waals surface area contributed by atoms with Crippen LogP contribution >= 0.6 is 0 Å². The second-order valence-electron chi connectivity index (χ2n) is 5.38. The molecule has 1 heterocycles. The standard InChI is InChI=1S/C17H20N4O5S/c1-25-14-4-5-16(26-2)15(10-14)21(27(3,23)24)12-17(22)20-19-11-13-6-8-18-9-7-13/h4-11H,12H2,1-3H3,(H,20,22)/b19-11-. The van der Waals surface area contributed by atoms with Gasteiger partial charge in [0.05, 0.1) is 32.4 Å². The number of sulfonamides is 1. The first-order valence-electron chi connectivity index (χ1n) is 7.77. The number of hydrogen-bond donors (Lipinski definition) is 1. The summed E-state index contributed by atoms with van der Waals surface area (Å²) in [7, 11) is -0.908. The van der Waals surface area contributed by atoms with Crippen LogP contribution in [-0.2, 0) is 14.8 Å². The van der Waals surface area contributed by atoms with Crippen LogP contribution < -0.4 is 19.2 Å². The largest absolute Gasteiger partial charge is 0.497 e. The Bertz CT molecular complexity index is 916. The molecular formula is C17H20N4O5S. The molecule has 0 bridgehead atoms. The smallest absolute Gasteiger partial charge is 0.260 e. The van der Waals surface area contributed by atoms with Gasteiger partial charge >= 0.3 is 0 Å². The lowest BCUT2D eigenvalue weighted by Gasteiger charge is -2.23. The molecule has 10 heteroatoms. The Morgan fingerprint density at radius 3 is 2.52 bits per heavy atom. The van der Waals surface area contributed by atoms with E-state index in [9.17, 15) is 13.2 Å². The van der Waals surface area contributed by atoms with Crippen molar-refractivity contribution in [2.45, 2.75) is 0 Å². The number of carbonyl (C=O) groups excluding carboxylic acids is 1. The highest BCUT2D eigenvalue weighted by molar-refractivity contribution is 7.92. The number of rotatable bonds is 8. The molecule has 0 spiro atoms. The van der Waals surface area contributed by atoms with Gasteiger partial charge in [-0.3, -0.25) is 14.1 Å². The molecule has 0 unspecified atom stereocenters. The van der Waals surface area contributed by atoms with E-state index >= 15 is 0 Å². The maximum atomic E-state index is 12.2. The highest BCUT2D eigenvalue weighted by Gasteiger charge is 2.24. The molecule has 0 atom stereocenters. The van der Waals surface area contributed by atoms with Gasteiger partial charge in [-0.1, -0.05) is 0 Å². The van der Waals surface area contributed by atoms with Gasteiger partial charge < -0.3 is 9.47 Å². The minimum atomic E-state index is -3.77. The zero-order valence-corrected chi connectivity index (χ0v) is 15.9. The number of pyridine rings is 1. The van der Waals surface area contributed by atoms with Crippen molar-refractivity contribution < 1.29 is 22.7 Å². The van der Waals surface area contributed by atoms with E-state index in [1.54, 1.807) is 36.7 Å². The SMILES string of the molecule is COc1ccc(OC)c(N(CC(=O)N/N=C\c2ccncc2)S(C)(=O)=O)c1. The first kappa shape index (κ1) is 20.2. The highest BCUT2D eigenvalue weighted by Crippen LogP contribution is 2.33. The Morgan fingerprint density at radius 1 is 1.22 bits per heavy atom. The van der Waals surface area contributed by atoms with Crippen molar-refractivity contribution in [3.63, 3.8) is 0 Å². The number of ether oxygens (including phenoxy) is 2. The fraction of sp³-hybridized carbons (Fsp3) is 0.235. The summed E-state index contributed by atoms with van der Waals surface area (Å²) in [6.45, 7) is -0.476. The molecule has 0 fully saturated rings. The number of hydrogen-bond acceptors (Lipinski definition) is 7. The Labute approximate surface area is 157 Å². The molecule has 0 saturated heterocycles. The number of aromatic nitrogens is 1. The Hall–Kier alpha value is -3.14. The summed E-state index contributed by atoms with van der Waals surface area (Å²) >= 11 is 0. The van der Waals surface area contributed by atoms with Crippen molar-refractivity contribution in [2.75, 3.05) is 31.3 Å². The number of nitrogens with one attached hydrogen (secondary N) is 1. The zero-order chi connectivity index (χ0) is 19.9. The number of hydrazone groups is 1. The molecule has 1 amide bonds. The molecular weight excluding hydrogens is 372 g/mol. The van der Waals surface area contributed by atoms with Gasteiger partial charge in [0.1, 0.15) is 18.0 Å². The molecule has 1 aromatic heterocycles. The van der Waals surface area contributed by atoms with Crippen molar-refractivity contribution in [3.05, 3.63) is 48.3 Å². The van der Waals surface area contributed by atoms with Crippen LogP contribution in [0.4, 0.5) is 5.69 Å². The number of carbonyl (C=O) groups is 1. The molecule has 9 nitrogen and oxygen atoms in total. The van der Waals surface area contributed by atoms with Gasteiger partial charge in [-0.25, -0.2) is 13.8 Å². The fourth-order valence-corrected chi connectivity index (χ4v) is 3.02. The van der Waals surface area contributed by atoms with E-state index in [-0.39, 0.29) is 11.4 Å². The normalized spacial score (nSPS) is 11.2. The molecule has 0 aliphatic rings. The van der Waals surface area contributed by atoms with Crippen LogP contribution in [0.5, 0.6) is 11.5 Å². The summed E-state index contributed by atoms with van der Waals surface area (Å²) in [5, 5.41) is 3.82. The van der Waals surface area contributed by atoms with Crippen LogP contribution in [0.1, 0.15) is 5.56 Å². The predicted octanol–water partition coefficient (Wildman–Crippen LogP) is 1.02. The summed E-state index contributed by atoms with van der Waals surface area (Å²) in [6.07, 6.45) is 5.60. The quantitative estimate of drug-likeness (QED) is 0.530. The Balaban J connectivity index is 2.20. The summed E-state index contributed by atoms with van der Waals surface area (Å²) in [4.78, 5) is 16.1. The summed E-state index contributed by atoms with van der Waals surface area (Å²) in [6, 6.07) is 8.08. The number of amides is 1. The van der Waals surface area contributed by atoms with E-state index in [4.69, 9.17) is 9.47 Å². The van der Waals surface area contributed by atoms with Crippen LogP contribution in [0, 0.1) is 0 Å². The number of anilines is 1. The fourth-order valence-electron chi connectivity index (χ4n) is 2.17. The molecule has 1 aromatic carbocycles. The second kappa shape index (κ2) is 8.99. The van der Waals surface area contributed by atoms with Crippen LogP contribution in [-0.4, -0.2) is 52.5 Å². The van der Waals surface area contributed by atoms with Gasteiger partial charge in [-0.2, -0.15) is 5.10 Å². The van der Waals surface area contributed by atoms with E-state index in [0.29, 0.717) is 5.75 Å². The first-order valence-corrected chi connectivity index (χ1v) is 9.61. The average Bonchev–Trinajstić information content (AvgIpc) is 2.65. The topological polar surface area (TPSA) is 110 Å². The van der Waals surface area contributed by atoms with Crippen LogP contribution in [0.25, 0.3) is 0 Å². The van der Waals surface area contributed by atoms with Crippen LogP contribution in [0.3, 0.4) is 0 Å². The first-order chi connectivity index (χ1) is 12.8. The van der Waals surface area contributed by atoms with Gasteiger partial charge in [0, 0.05) is 18.5 Å². The number of methoxy groups -OCH3 is 2. The van der Waals surface area contributed by atoms with Crippen molar-refractivity contribution >= 4 is 27.8 Å². The Kier molecular flexibility index (Phi) is 6.72. The predicted molar refractivity (Wildman–Crippen MR) is 102 cm³/mol. The van der Waals surface area contributed by atoms with Gasteiger partial charge in [-0.05, 0) is 29.8 Å². The molecule has 2 rings (SSSR count). The monoisotopic (exact) mass is 392 g/mol. The lowest BCUT2D eigenvalue weighted by molar-refractivity contribution is -0.119. The maximum absolute atomic E-state index is 12.2. The summed E-state index contributed by atoms with van der Waals surface area (Å²) in [5.74, 6) is 0.0977. The molecule has 27 heavy (non-hydrogen) atoms. The average molecular weight is 392 g/mol. The summed E-state index contributed by atoms with van der Waals surface area (Å²) < 4.78 is 35.7. The van der Waals surface area contributed by atoms with E-state index in [2.05, 4.69) is 15.5 Å². The van der Waals surface area contributed by atoms with E-state index in [0.717, 1.165) is 16.1 Å². The van der Waals surface area contributed by atoms with Crippen LogP contribution in [0.2, 0.25) is 0 Å². The third-order valence-electron chi connectivity index (χ3n) is 3.45. The minimum Gasteiger partial charge on any atom is -0.497 e. The van der Waals surface area contributed by atoms with Gasteiger partial charge in [0.2, 0.25) is 10.0 Å². The second-order valence-corrected chi connectivity index (χ2v) is 7.29. The van der Waals surface area contributed by atoms with Crippen LogP contribution in [0.15, 0.2) is 47.8 Å². The van der Waals surface area contributed by atoms with Crippen molar-refractivity contribution in [3.8, 4) is 11.5 Å². The van der Waals surface area contributed by atoms with E-state index in [1.165, 1.54) is 26.5 Å². The molecule has 0 radical (unpaired) electrons. The van der Waals surface area contributed by atoms with E-state index in [1.807, 2.05) is 0 Å². The van der Waals surface area contributed by atoms with Crippen molar-refractivity contribution in [1.29, 1.82) is 0 Å². The van der Waals surface area contributed by atoms with E-state index < -0.39 is 22.5 Å². The molecule has 1 N–H and O–H groups in total. The van der Waals surface area contributed by atoms with Crippen molar-refractivity contribution in [2.24, 2.45) is 5.10 Å². The third-order valence-corrected chi connectivity index (χ3v) is 4.58. The van der Waals surface area contributed by atoms with Crippen molar-refractivity contribution in [1.82, 2.24) is 10.4 Å². The summed E-state index contributed by atoms with van der Waals surface area (Å²) in [5.41, 5.74) is 3.22. The lowest BCUT2D eigenvalue weighted by atomic mass is 10.2.